The van der Waals surface area contributed by atoms with E-state index in [-0.39, 0.29) is 6.10 Å². The summed E-state index contributed by atoms with van der Waals surface area (Å²) in [5.41, 5.74) is 1.19. The van der Waals surface area contributed by atoms with Crippen LogP contribution in [-0.4, -0.2) is 30.9 Å². The van der Waals surface area contributed by atoms with Gasteiger partial charge in [-0.05, 0) is 43.4 Å². The lowest BCUT2D eigenvalue weighted by Crippen LogP contribution is -2.29. The molecular formula is C16H23IO3. The van der Waals surface area contributed by atoms with Crippen LogP contribution >= 0.6 is 22.6 Å². The third-order valence-electron chi connectivity index (χ3n) is 3.87. The molecule has 3 unspecified atom stereocenters. The molecule has 0 radical (unpaired) electrons. The number of hydrogen-bond acceptors (Lipinski definition) is 3. The fraction of sp³-hybridized carbons (Fsp3) is 0.625. The summed E-state index contributed by atoms with van der Waals surface area (Å²) >= 11 is 2.39. The maximum Gasteiger partial charge on any atom is 0.119 e. The second kappa shape index (κ2) is 8.20. The molecule has 0 aromatic heterocycles. The van der Waals surface area contributed by atoms with Crippen LogP contribution in [0.1, 0.15) is 37.4 Å². The van der Waals surface area contributed by atoms with E-state index in [1.807, 2.05) is 12.1 Å². The van der Waals surface area contributed by atoms with Crippen LogP contribution in [0.5, 0.6) is 5.75 Å². The number of rotatable bonds is 6. The van der Waals surface area contributed by atoms with Crippen molar-refractivity contribution in [2.75, 3.05) is 18.6 Å². The Morgan fingerprint density at radius 2 is 2.05 bits per heavy atom. The number of methoxy groups -OCH3 is 2. The van der Waals surface area contributed by atoms with Gasteiger partial charge in [0.1, 0.15) is 5.75 Å². The smallest absolute Gasteiger partial charge is 0.119 e. The number of ether oxygens (including phenoxy) is 3. The van der Waals surface area contributed by atoms with Gasteiger partial charge in [0, 0.05) is 11.5 Å². The van der Waals surface area contributed by atoms with Crippen molar-refractivity contribution in [3.05, 3.63) is 29.8 Å². The van der Waals surface area contributed by atoms with Gasteiger partial charge in [-0.25, -0.2) is 0 Å². The van der Waals surface area contributed by atoms with Gasteiger partial charge in [-0.3, -0.25) is 0 Å². The first-order chi connectivity index (χ1) is 9.76. The third kappa shape index (κ3) is 4.33. The summed E-state index contributed by atoms with van der Waals surface area (Å²) in [5.74, 6) is 0.888. The van der Waals surface area contributed by atoms with E-state index in [2.05, 4.69) is 34.7 Å². The van der Waals surface area contributed by atoms with Gasteiger partial charge in [-0.2, -0.15) is 0 Å². The molecule has 2 rings (SSSR count). The fourth-order valence-electron chi connectivity index (χ4n) is 2.72. The molecular weight excluding hydrogens is 367 g/mol. The average Bonchev–Trinajstić information content (AvgIpc) is 2.52. The fourth-order valence-corrected chi connectivity index (χ4v) is 3.43. The maximum atomic E-state index is 6.32. The third-order valence-corrected chi connectivity index (χ3v) is 4.67. The molecule has 0 amide bonds. The average molecular weight is 390 g/mol. The zero-order valence-electron chi connectivity index (χ0n) is 12.2. The van der Waals surface area contributed by atoms with Gasteiger partial charge in [0.15, 0.2) is 0 Å². The van der Waals surface area contributed by atoms with E-state index in [0.29, 0.717) is 12.2 Å². The molecule has 4 heteroatoms. The maximum absolute atomic E-state index is 6.32. The summed E-state index contributed by atoms with van der Waals surface area (Å²) in [4.78, 5) is 0. The topological polar surface area (TPSA) is 27.7 Å². The van der Waals surface area contributed by atoms with E-state index in [0.717, 1.165) is 29.4 Å². The Morgan fingerprint density at radius 1 is 1.25 bits per heavy atom. The van der Waals surface area contributed by atoms with Crippen molar-refractivity contribution in [1.29, 1.82) is 0 Å². The van der Waals surface area contributed by atoms with Crippen molar-refractivity contribution in [2.45, 2.75) is 44.0 Å². The Hall–Kier alpha value is -0.330. The minimum atomic E-state index is 0.131. The summed E-state index contributed by atoms with van der Waals surface area (Å²) in [6.45, 7) is 0. The second-order valence-corrected chi connectivity index (χ2v) is 6.08. The molecule has 1 aliphatic rings. The summed E-state index contributed by atoms with van der Waals surface area (Å²) in [7, 11) is 3.49. The summed E-state index contributed by atoms with van der Waals surface area (Å²) in [5, 5.41) is 0. The Kier molecular flexibility index (Phi) is 6.58. The van der Waals surface area contributed by atoms with Crippen LogP contribution in [-0.2, 0) is 9.47 Å². The van der Waals surface area contributed by atoms with E-state index in [9.17, 15) is 0 Å². The van der Waals surface area contributed by atoms with Crippen LogP contribution in [0, 0.1) is 0 Å². The molecule has 3 atom stereocenters. The highest BCUT2D eigenvalue weighted by atomic mass is 127. The number of hydrogen-bond donors (Lipinski definition) is 0. The normalized spacial score (nSPS) is 24.4. The number of benzene rings is 1. The van der Waals surface area contributed by atoms with Gasteiger partial charge in [-0.15, -0.1) is 0 Å². The van der Waals surface area contributed by atoms with Crippen molar-refractivity contribution < 1.29 is 14.2 Å². The lowest BCUT2D eigenvalue weighted by atomic mass is 9.94. The first-order valence-electron chi connectivity index (χ1n) is 7.15. The number of alkyl halides is 1. The quantitative estimate of drug-likeness (QED) is 0.540. The molecule has 0 saturated heterocycles. The second-order valence-electron chi connectivity index (χ2n) is 5.20. The summed E-state index contributed by atoms with van der Waals surface area (Å²) in [6, 6.07) is 8.17. The van der Waals surface area contributed by atoms with Gasteiger partial charge in [0.25, 0.3) is 0 Å². The largest absolute Gasteiger partial charge is 0.497 e. The van der Waals surface area contributed by atoms with Crippen molar-refractivity contribution in [3.63, 3.8) is 0 Å². The predicted molar refractivity (Wildman–Crippen MR) is 88.8 cm³/mol. The molecule has 20 heavy (non-hydrogen) atoms. The molecule has 1 aromatic carbocycles. The molecule has 0 aliphatic heterocycles. The Morgan fingerprint density at radius 3 is 2.75 bits per heavy atom. The van der Waals surface area contributed by atoms with Crippen molar-refractivity contribution >= 4 is 22.6 Å². The van der Waals surface area contributed by atoms with Crippen LogP contribution in [0.4, 0.5) is 0 Å². The first-order valence-corrected chi connectivity index (χ1v) is 8.67. The van der Waals surface area contributed by atoms with Crippen LogP contribution in [0.3, 0.4) is 0 Å². The van der Waals surface area contributed by atoms with Crippen molar-refractivity contribution in [3.8, 4) is 5.75 Å². The number of halogens is 1. The van der Waals surface area contributed by atoms with Gasteiger partial charge >= 0.3 is 0 Å². The molecule has 1 saturated carbocycles. The van der Waals surface area contributed by atoms with Gasteiger partial charge in [-0.1, -0.05) is 34.7 Å². The molecule has 1 aliphatic carbocycles. The van der Waals surface area contributed by atoms with Gasteiger partial charge in [0.05, 0.1) is 25.4 Å². The van der Waals surface area contributed by atoms with E-state index in [1.54, 1.807) is 14.2 Å². The zero-order valence-corrected chi connectivity index (χ0v) is 14.3. The molecule has 0 N–H and O–H groups in total. The molecule has 1 aromatic rings. The van der Waals surface area contributed by atoms with Crippen LogP contribution in [0.25, 0.3) is 0 Å². The van der Waals surface area contributed by atoms with Gasteiger partial charge < -0.3 is 14.2 Å². The van der Waals surface area contributed by atoms with Crippen molar-refractivity contribution in [2.24, 2.45) is 0 Å². The molecule has 0 spiro atoms. The standard InChI is InChI=1S/C16H23IO3/c1-18-13-6-3-5-12(9-13)16(11-17)20-15-8-4-7-14(10-15)19-2/h3,5-6,9,14-16H,4,7-8,10-11H2,1-2H3. The highest BCUT2D eigenvalue weighted by Gasteiger charge is 2.25. The van der Waals surface area contributed by atoms with Crippen LogP contribution in [0.2, 0.25) is 0 Å². The molecule has 0 bridgehead atoms. The highest BCUT2D eigenvalue weighted by molar-refractivity contribution is 14.1. The van der Waals surface area contributed by atoms with Crippen LogP contribution < -0.4 is 4.74 Å². The predicted octanol–water partition coefficient (Wildman–Crippen LogP) is 4.15. The highest BCUT2D eigenvalue weighted by Crippen LogP contribution is 2.30. The summed E-state index contributed by atoms with van der Waals surface area (Å²) < 4.78 is 18.0. The van der Waals surface area contributed by atoms with E-state index in [1.165, 1.54) is 12.0 Å². The van der Waals surface area contributed by atoms with Crippen molar-refractivity contribution in [1.82, 2.24) is 0 Å². The first kappa shape index (κ1) is 16.0. The van der Waals surface area contributed by atoms with Gasteiger partial charge in [0.2, 0.25) is 0 Å². The Bertz CT molecular complexity index is 410. The van der Waals surface area contributed by atoms with Crippen LogP contribution in [0.15, 0.2) is 24.3 Å². The zero-order chi connectivity index (χ0) is 14.4. The van der Waals surface area contributed by atoms with E-state index in [4.69, 9.17) is 14.2 Å². The minimum Gasteiger partial charge on any atom is -0.497 e. The lowest BCUT2D eigenvalue weighted by molar-refractivity contribution is -0.0579. The molecule has 112 valence electrons. The van der Waals surface area contributed by atoms with E-state index >= 15 is 0 Å². The Labute approximate surface area is 135 Å². The lowest BCUT2D eigenvalue weighted by Gasteiger charge is -2.31. The SMILES string of the molecule is COc1cccc(C(CI)OC2CCCC(OC)C2)c1. The molecule has 3 nitrogen and oxygen atoms in total. The minimum absolute atomic E-state index is 0.131. The summed E-state index contributed by atoms with van der Waals surface area (Å²) in [6.07, 6.45) is 5.28. The Balaban J connectivity index is 2.00. The molecule has 1 fully saturated rings. The van der Waals surface area contributed by atoms with E-state index < -0.39 is 0 Å². The monoisotopic (exact) mass is 390 g/mol. The molecule has 0 heterocycles.